The number of benzene rings is 1. The quantitative estimate of drug-likeness (QED) is 0.897. The lowest BCUT2D eigenvalue weighted by molar-refractivity contribution is 0.0846. The van der Waals surface area contributed by atoms with Gasteiger partial charge in [-0.3, -0.25) is 4.90 Å². The highest BCUT2D eigenvalue weighted by Gasteiger charge is 2.29. The van der Waals surface area contributed by atoms with Crippen LogP contribution in [0.3, 0.4) is 0 Å². The average Bonchev–Trinajstić information content (AvgIpc) is 2.43. The molecule has 0 bridgehead atoms. The number of nitrogens with two attached hydrogens (primary N) is 1. The third kappa shape index (κ3) is 3.53. The Morgan fingerprint density at radius 2 is 2.20 bits per heavy atom. The van der Waals surface area contributed by atoms with Crippen LogP contribution in [0.15, 0.2) is 24.3 Å². The lowest BCUT2D eigenvalue weighted by Crippen LogP contribution is -2.44. The third-order valence-corrected chi connectivity index (χ3v) is 4.37. The van der Waals surface area contributed by atoms with Crippen molar-refractivity contribution in [3.8, 4) is 5.75 Å². The second kappa shape index (κ2) is 7.09. The molecule has 1 aliphatic heterocycles. The van der Waals surface area contributed by atoms with Gasteiger partial charge in [0.25, 0.3) is 0 Å². The van der Waals surface area contributed by atoms with Crippen LogP contribution >= 0.6 is 0 Å². The molecule has 3 atom stereocenters. The molecular weight excluding hydrogens is 248 g/mol. The molecule has 0 saturated carbocycles. The van der Waals surface area contributed by atoms with Gasteiger partial charge in [-0.05, 0) is 56.8 Å². The summed E-state index contributed by atoms with van der Waals surface area (Å²) in [5.41, 5.74) is 7.35. The molecule has 3 unspecified atom stereocenters. The van der Waals surface area contributed by atoms with E-state index in [1.165, 1.54) is 18.4 Å². The SMILES string of the molecule is CCOc1cccc(C(CN)N2CCC(C)CC2C)c1. The molecule has 1 aromatic carbocycles. The van der Waals surface area contributed by atoms with Gasteiger partial charge in [0.1, 0.15) is 5.75 Å². The van der Waals surface area contributed by atoms with Gasteiger partial charge in [0.2, 0.25) is 0 Å². The van der Waals surface area contributed by atoms with Crippen LogP contribution in [-0.2, 0) is 0 Å². The van der Waals surface area contributed by atoms with Gasteiger partial charge >= 0.3 is 0 Å². The highest BCUT2D eigenvalue weighted by atomic mass is 16.5. The second-order valence-corrected chi connectivity index (χ2v) is 5.97. The van der Waals surface area contributed by atoms with Crippen molar-refractivity contribution in [2.24, 2.45) is 11.7 Å². The summed E-state index contributed by atoms with van der Waals surface area (Å²) in [5.74, 6) is 1.77. The Labute approximate surface area is 123 Å². The highest BCUT2D eigenvalue weighted by molar-refractivity contribution is 5.31. The number of nitrogens with zero attached hydrogens (tertiary/aromatic N) is 1. The Morgan fingerprint density at radius 3 is 2.85 bits per heavy atom. The van der Waals surface area contributed by atoms with E-state index in [0.717, 1.165) is 18.2 Å². The predicted molar refractivity (Wildman–Crippen MR) is 84.0 cm³/mol. The van der Waals surface area contributed by atoms with Crippen LogP contribution in [0.2, 0.25) is 0 Å². The van der Waals surface area contributed by atoms with Gasteiger partial charge in [-0.1, -0.05) is 19.1 Å². The summed E-state index contributed by atoms with van der Waals surface area (Å²) < 4.78 is 5.61. The van der Waals surface area contributed by atoms with E-state index < -0.39 is 0 Å². The average molecular weight is 276 g/mol. The van der Waals surface area contributed by atoms with Gasteiger partial charge in [-0.15, -0.1) is 0 Å². The minimum absolute atomic E-state index is 0.304. The van der Waals surface area contributed by atoms with E-state index >= 15 is 0 Å². The fourth-order valence-electron chi connectivity index (χ4n) is 3.33. The Morgan fingerprint density at radius 1 is 1.40 bits per heavy atom. The first-order chi connectivity index (χ1) is 9.65. The van der Waals surface area contributed by atoms with Crippen LogP contribution in [-0.4, -0.2) is 30.6 Å². The lowest BCUT2D eigenvalue weighted by atomic mass is 9.90. The van der Waals surface area contributed by atoms with Crippen molar-refractivity contribution in [3.05, 3.63) is 29.8 Å². The maximum absolute atomic E-state index is 6.07. The van der Waals surface area contributed by atoms with Gasteiger partial charge in [-0.25, -0.2) is 0 Å². The summed E-state index contributed by atoms with van der Waals surface area (Å²) in [6, 6.07) is 9.31. The molecule has 1 fully saturated rings. The number of hydrogen-bond acceptors (Lipinski definition) is 3. The smallest absolute Gasteiger partial charge is 0.119 e. The summed E-state index contributed by atoms with van der Waals surface area (Å²) in [4.78, 5) is 2.56. The van der Waals surface area contributed by atoms with Gasteiger partial charge in [-0.2, -0.15) is 0 Å². The van der Waals surface area contributed by atoms with Crippen molar-refractivity contribution in [1.29, 1.82) is 0 Å². The summed E-state index contributed by atoms with van der Waals surface area (Å²) in [5, 5.41) is 0. The van der Waals surface area contributed by atoms with Crippen molar-refractivity contribution < 1.29 is 4.74 Å². The molecule has 0 aromatic heterocycles. The Bertz CT molecular complexity index is 421. The van der Waals surface area contributed by atoms with E-state index in [1.807, 2.05) is 13.0 Å². The molecule has 1 saturated heterocycles. The van der Waals surface area contributed by atoms with Crippen molar-refractivity contribution in [1.82, 2.24) is 4.90 Å². The number of ether oxygens (including phenoxy) is 1. The number of hydrogen-bond donors (Lipinski definition) is 1. The Balaban J connectivity index is 2.16. The van der Waals surface area contributed by atoms with Crippen LogP contribution in [0.25, 0.3) is 0 Å². The largest absolute Gasteiger partial charge is 0.494 e. The monoisotopic (exact) mass is 276 g/mol. The van der Waals surface area contributed by atoms with Gasteiger partial charge < -0.3 is 10.5 Å². The first-order valence-corrected chi connectivity index (χ1v) is 7.84. The Hall–Kier alpha value is -1.06. The molecule has 1 heterocycles. The number of rotatable bonds is 5. The topological polar surface area (TPSA) is 38.5 Å². The van der Waals surface area contributed by atoms with Crippen molar-refractivity contribution in [2.75, 3.05) is 19.7 Å². The van der Waals surface area contributed by atoms with E-state index in [1.54, 1.807) is 0 Å². The fourth-order valence-corrected chi connectivity index (χ4v) is 3.33. The molecule has 2 N–H and O–H groups in total. The van der Waals surface area contributed by atoms with Crippen LogP contribution in [0.5, 0.6) is 5.75 Å². The molecule has 1 aliphatic rings. The van der Waals surface area contributed by atoms with Crippen molar-refractivity contribution >= 4 is 0 Å². The first-order valence-electron chi connectivity index (χ1n) is 7.84. The molecule has 3 heteroatoms. The molecular formula is C17H28N2O. The van der Waals surface area contributed by atoms with E-state index in [2.05, 4.69) is 36.9 Å². The van der Waals surface area contributed by atoms with E-state index in [0.29, 0.717) is 25.2 Å². The molecule has 0 aliphatic carbocycles. The van der Waals surface area contributed by atoms with E-state index in [4.69, 9.17) is 10.5 Å². The normalized spacial score (nSPS) is 25.4. The van der Waals surface area contributed by atoms with Crippen LogP contribution in [0.4, 0.5) is 0 Å². The standard InChI is InChI=1S/C17H28N2O/c1-4-20-16-7-5-6-15(11-16)17(12-18)19-9-8-13(2)10-14(19)3/h5-7,11,13-14,17H,4,8-10,12,18H2,1-3H3. The zero-order chi connectivity index (χ0) is 14.5. The maximum Gasteiger partial charge on any atom is 0.119 e. The minimum atomic E-state index is 0.304. The van der Waals surface area contributed by atoms with E-state index in [9.17, 15) is 0 Å². The van der Waals surface area contributed by atoms with Crippen LogP contribution in [0.1, 0.15) is 45.2 Å². The summed E-state index contributed by atoms with van der Waals surface area (Å²) in [6.07, 6.45) is 2.54. The van der Waals surface area contributed by atoms with Gasteiger partial charge in [0, 0.05) is 18.6 Å². The van der Waals surface area contributed by atoms with Crippen LogP contribution in [0, 0.1) is 5.92 Å². The first kappa shape index (κ1) is 15.3. The third-order valence-electron chi connectivity index (χ3n) is 4.37. The molecule has 2 rings (SSSR count). The molecule has 0 radical (unpaired) electrons. The lowest BCUT2D eigenvalue weighted by Gasteiger charge is -2.41. The summed E-state index contributed by atoms with van der Waals surface area (Å²) in [7, 11) is 0. The van der Waals surface area contributed by atoms with Gasteiger partial charge in [0.15, 0.2) is 0 Å². The number of piperidine rings is 1. The predicted octanol–water partition coefficient (Wildman–Crippen LogP) is 3.21. The van der Waals surface area contributed by atoms with Gasteiger partial charge in [0.05, 0.1) is 6.61 Å². The zero-order valence-electron chi connectivity index (χ0n) is 13.0. The zero-order valence-corrected chi connectivity index (χ0v) is 13.0. The molecule has 0 amide bonds. The maximum atomic E-state index is 6.07. The molecule has 112 valence electrons. The van der Waals surface area contributed by atoms with Crippen LogP contribution < -0.4 is 10.5 Å². The number of likely N-dealkylation sites (tertiary alicyclic amines) is 1. The summed E-state index contributed by atoms with van der Waals surface area (Å²) >= 11 is 0. The second-order valence-electron chi connectivity index (χ2n) is 5.97. The molecule has 3 nitrogen and oxygen atoms in total. The molecule has 1 aromatic rings. The molecule has 20 heavy (non-hydrogen) atoms. The van der Waals surface area contributed by atoms with Crippen molar-refractivity contribution in [3.63, 3.8) is 0 Å². The Kier molecular flexibility index (Phi) is 5.44. The fraction of sp³-hybridized carbons (Fsp3) is 0.647. The molecule has 0 spiro atoms. The summed E-state index contributed by atoms with van der Waals surface area (Å²) in [6.45, 7) is 9.19. The van der Waals surface area contributed by atoms with Crippen molar-refractivity contribution in [2.45, 2.75) is 45.7 Å². The highest BCUT2D eigenvalue weighted by Crippen LogP contribution is 2.31. The minimum Gasteiger partial charge on any atom is -0.494 e. The van der Waals surface area contributed by atoms with E-state index in [-0.39, 0.29) is 0 Å².